The van der Waals surface area contributed by atoms with Crippen molar-refractivity contribution >= 4 is 0 Å². The molecule has 0 aromatic heterocycles. The quantitative estimate of drug-likeness (QED) is 0.796. The fourth-order valence-corrected chi connectivity index (χ4v) is 2.49. The smallest absolute Gasteiger partial charge is 0.123 e. The molecule has 1 aromatic rings. The first-order valence-electron chi connectivity index (χ1n) is 8.25. The molecular formula is C19H33NO2. The molecule has 0 saturated carbocycles. The van der Waals surface area contributed by atoms with Gasteiger partial charge in [0.25, 0.3) is 0 Å². The third kappa shape index (κ3) is 4.72. The number of phenols is 1. The van der Waals surface area contributed by atoms with Crippen LogP contribution in [0.2, 0.25) is 0 Å². The summed E-state index contributed by atoms with van der Waals surface area (Å²) in [4.78, 5) is 5.85. The van der Waals surface area contributed by atoms with Gasteiger partial charge < -0.3 is 5.11 Å². The molecule has 0 saturated heterocycles. The van der Waals surface area contributed by atoms with Gasteiger partial charge in [-0.15, -0.1) is 0 Å². The summed E-state index contributed by atoms with van der Waals surface area (Å²) in [6.45, 7) is 19.2. The zero-order chi connectivity index (χ0) is 17.1. The van der Waals surface area contributed by atoms with E-state index in [0.29, 0.717) is 12.4 Å². The van der Waals surface area contributed by atoms with Crippen LogP contribution in [-0.4, -0.2) is 23.3 Å². The molecule has 3 heteroatoms. The SMILES string of the molecule is CCN(CC)OCc1cc(C(C)(C)C)c(O)c(C(C)(C)C)c1. The van der Waals surface area contributed by atoms with Crippen LogP contribution >= 0.6 is 0 Å². The second kappa shape index (κ2) is 7.01. The van der Waals surface area contributed by atoms with E-state index in [0.717, 1.165) is 29.8 Å². The van der Waals surface area contributed by atoms with Gasteiger partial charge in [0, 0.05) is 13.1 Å². The lowest BCUT2D eigenvalue weighted by molar-refractivity contribution is -0.163. The molecule has 0 amide bonds. The zero-order valence-corrected chi connectivity index (χ0v) is 15.6. The number of hydrogen-bond donors (Lipinski definition) is 1. The first-order chi connectivity index (χ1) is 10.0. The van der Waals surface area contributed by atoms with Gasteiger partial charge in [0.05, 0.1) is 6.61 Å². The molecule has 0 aliphatic heterocycles. The topological polar surface area (TPSA) is 32.7 Å². The monoisotopic (exact) mass is 307 g/mol. The Balaban J connectivity index is 3.24. The van der Waals surface area contributed by atoms with E-state index >= 15 is 0 Å². The van der Waals surface area contributed by atoms with Crippen LogP contribution in [0.5, 0.6) is 5.75 Å². The van der Waals surface area contributed by atoms with Crippen LogP contribution in [0.1, 0.15) is 72.1 Å². The second-order valence-electron chi connectivity index (χ2n) is 7.93. The predicted octanol–water partition coefficient (Wildman–Crippen LogP) is 4.76. The maximum absolute atomic E-state index is 10.7. The molecule has 126 valence electrons. The third-order valence-corrected chi connectivity index (χ3v) is 3.90. The summed E-state index contributed by atoms with van der Waals surface area (Å²) in [6.07, 6.45) is 0. The number of aromatic hydroxyl groups is 1. The van der Waals surface area contributed by atoms with E-state index in [4.69, 9.17) is 4.84 Å². The highest BCUT2D eigenvalue weighted by molar-refractivity contribution is 5.49. The minimum Gasteiger partial charge on any atom is -0.507 e. The van der Waals surface area contributed by atoms with Crippen molar-refractivity contribution in [2.24, 2.45) is 0 Å². The Morgan fingerprint density at radius 1 is 0.909 bits per heavy atom. The molecule has 3 nitrogen and oxygen atoms in total. The van der Waals surface area contributed by atoms with E-state index < -0.39 is 0 Å². The van der Waals surface area contributed by atoms with Gasteiger partial charge >= 0.3 is 0 Å². The Hall–Kier alpha value is -1.06. The van der Waals surface area contributed by atoms with Crippen molar-refractivity contribution in [2.45, 2.75) is 72.8 Å². The Labute approximate surface area is 136 Å². The van der Waals surface area contributed by atoms with Crippen molar-refractivity contribution < 1.29 is 9.94 Å². The number of phenolic OH excluding ortho intramolecular Hbond substituents is 1. The lowest BCUT2D eigenvalue weighted by atomic mass is 9.78. The third-order valence-electron chi connectivity index (χ3n) is 3.90. The highest BCUT2D eigenvalue weighted by Gasteiger charge is 2.26. The van der Waals surface area contributed by atoms with Crippen LogP contribution in [0, 0.1) is 0 Å². The fourth-order valence-electron chi connectivity index (χ4n) is 2.49. The maximum atomic E-state index is 10.7. The van der Waals surface area contributed by atoms with Gasteiger partial charge in [0.1, 0.15) is 5.75 Å². The number of hydrogen-bond acceptors (Lipinski definition) is 3. The van der Waals surface area contributed by atoms with Crippen LogP contribution in [0.15, 0.2) is 12.1 Å². The van der Waals surface area contributed by atoms with Gasteiger partial charge in [-0.25, -0.2) is 0 Å². The molecule has 1 aromatic carbocycles. The normalized spacial score (nSPS) is 13.0. The van der Waals surface area contributed by atoms with Crippen molar-refractivity contribution in [3.05, 3.63) is 28.8 Å². The minimum absolute atomic E-state index is 0.102. The van der Waals surface area contributed by atoms with Gasteiger partial charge in [-0.2, -0.15) is 5.06 Å². The molecule has 0 bridgehead atoms. The molecule has 22 heavy (non-hydrogen) atoms. The fraction of sp³-hybridized carbons (Fsp3) is 0.684. The zero-order valence-electron chi connectivity index (χ0n) is 15.6. The Bertz CT molecular complexity index is 456. The maximum Gasteiger partial charge on any atom is 0.123 e. The van der Waals surface area contributed by atoms with Crippen LogP contribution < -0.4 is 0 Å². The largest absolute Gasteiger partial charge is 0.507 e. The van der Waals surface area contributed by atoms with Crippen LogP contribution in [-0.2, 0) is 22.3 Å². The molecule has 0 fully saturated rings. The van der Waals surface area contributed by atoms with Gasteiger partial charge in [0.2, 0.25) is 0 Å². The van der Waals surface area contributed by atoms with Crippen molar-refractivity contribution in [3.63, 3.8) is 0 Å². The molecule has 0 spiro atoms. The van der Waals surface area contributed by atoms with Crippen LogP contribution in [0.25, 0.3) is 0 Å². The van der Waals surface area contributed by atoms with Gasteiger partial charge in [-0.05, 0) is 39.7 Å². The first-order valence-corrected chi connectivity index (χ1v) is 8.25. The number of benzene rings is 1. The summed E-state index contributed by atoms with van der Waals surface area (Å²) in [5.74, 6) is 0.423. The van der Waals surface area contributed by atoms with E-state index in [-0.39, 0.29) is 10.8 Å². The molecule has 0 unspecified atom stereocenters. The predicted molar refractivity (Wildman–Crippen MR) is 93.2 cm³/mol. The van der Waals surface area contributed by atoms with Gasteiger partial charge in [-0.1, -0.05) is 55.4 Å². The van der Waals surface area contributed by atoms with Gasteiger partial charge in [-0.3, -0.25) is 4.84 Å². The summed E-state index contributed by atoms with van der Waals surface area (Å²) < 4.78 is 0. The lowest BCUT2D eigenvalue weighted by Crippen LogP contribution is -2.23. The molecule has 0 heterocycles. The summed E-state index contributed by atoms with van der Waals surface area (Å²) in [5.41, 5.74) is 2.88. The average molecular weight is 307 g/mol. The molecule has 0 atom stereocenters. The van der Waals surface area contributed by atoms with Crippen LogP contribution in [0.3, 0.4) is 0 Å². The van der Waals surface area contributed by atoms with Crippen molar-refractivity contribution in [1.82, 2.24) is 5.06 Å². The number of hydroxylamine groups is 2. The molecule has 0 aliphatic carbocycles. The summed E-state index contributed by atoms with van der Waals surface area (Å²) in [7, 11) is 0. The molecule has 0 aliphatic rings. The van der Waals surface area contributed by atoms with E-state index in [1.165, 1.54) is 0 Å². The summed E-state index contributed by atoms with van der Waals surface area (Å²) >= 11 is 0. The number of rotatable bonds is 5. The molecule has 0 radical (unpaired) electrons. The summed E-state index contributed by atoms with van der Waals surface area (Å²) in [6, 6.07) is 4.15. The molecule has 1 rings (SSSR count). The minimum atomic E-state index is -0.102. The van der Waals surface area contributed by atoms with E-state index in [2.05, 4.69) is 67.5 Å². The average Bonchev–Trinajstić information content (AvgIpc) is 2.38. The van der Waals surface area contributed by atoms with E-state index in [1.807, 2.05) is 5.06 Å². The Morgan fingerprint density at radius 3 is 1.64 bits per heavy atom. The van der Waals surface area contributed by atoms with E-state index in [9.17, 15) is 5.11 Å². The second-order valence-corrected chi connectivity index (χ2v) is 7.93. The van der Waals surface area contributed by atoms with Crippen molar-refractivity contribution in [1.29, 1.82) is 0 Å². The summed E-state index contributed by atoms with van der Waals surface area (Å²) in [5, 5.41) is 12.6. The Morgan fingerprint density at radius 2 is 1.32 bits per heavy atom. The van der Waals surface area contributed by atoms with Gasteiger partial charge in [0.15, 0.2) is 0 Å². The van der Waals surface area contributed by atoms with E-state index in [1.54, 1.807) is 0 Å². The Kier molecular flexibility index (Phi) is 6.05. The molecular weight excluding hydrogens is 274 g/mol. The highest BCUT2D eigenvalue weighted by atomic mass is 16.7. The van der Waals surface area contributed by atoms with Crippen molar-refractivity contribution in [3.8, 4) is 5.75 Å². The molecule has 1 N–H and O–H groups in total. The van der Waals surface area contributed by atoms with Crippen LogP contribution in [0.4, 0.5) is 0 Å². The first kappa shape index (κ1) is 19.0. The number of nitrogens with zero attached hydrogens (tertiary/aromatic N) is 1. The highest BCUT2D eigenvalue weighted by Crippen LogP contribution is 2.39. The lowest BCUT2D eigenvalue weighted by Gasteiger charge is -2.28. The standard InChI is InChI=1S/C19H33NO2/c1-9-20(10-2)22-13-14-11-15(18(3,4)5)17(21)16(12-14)19(6,7)8/h11-12,21H,9-10,13H2,1-8H3. The van der Waals surface area contributed by atoms with Crippen molar-refractivity contribution in [2.75, 3.05) is 13.1 Å².